The van der Waals surface area contributed by atoms with Crippen LogP contribution in [0.4, 0.5) is 5.69 Å². The highest BCUT2D eigenvalue weighted by molar-refractivity contribution is 7.11. The maximum atomic E-state index is 12.3. The molecule has 0 bridgehead atoms. The highest BCUT2D eigenvalue weighted by Gasteiger charge is 2.30. The predicted molar refractivity (Wildman–Crippen MR) is 106 cm³/mol. The van der Waals surface area contributed by atoms with Gasteiger partial charge in [0, 0.05) is 28.2 Å². The summed E-state index contributed by atoms with van der Waals surface area (Å²) in [5.41, 5.74) is 4.24. The van der Waals surface area contributed by atoms with Gasteiger partial charge in [-0.25, -0.2) is 0 Å². The van der Waals surface area contributed by atoms with Crippen LogP contribution in [0.3, 0.4) is 0 Å². The quantitative estimate of drug-likeness (QED) is 0.673. The number of anilines is 1. The lowest BCUT2D eigenvalue weighted by Crippen LogP contribution is -2.22. The summed E-state index contributed by atoms with van der Waals surface area (Å²) in [6.45, 7) is 0.251. The summed E-state index contributed by atoms with van der Waals surface area (Å²) in [7, 11) is 0. The molecule has 1 aromatic heterocycles. The summed E-state index contributed by atoms with van der Waals surface area (Å²) in [6.07, 6.45) is 5.67. The second kappa shape index (κ2) is 7.07. The largest absolute Gasteiger partial charge is 0.481 e. The van der Waals surface area contributed by atoms with Crippen molar-refractivity contribution in [1.29, 1.82) is 0 Å². The molecular weight excluding hydrogens is 342 g/mol. The number of nitrogens with one attached hydrogen (secondary N) is 1. The van der Waals surface area contributed by atoms with Crippen LogP contribution in [0, 0.1) is 12.3 Å². The Bertz CT molecular complexity index is 968. The minimum Gasteiger partial charge on any atom is -0.481 e. The Morgan fingerprint density at radius 1 is 1.15 bits per heavy atom. The number of carbonyl (C=O) groups excluding carboxylic acids is 1. The van der Waals surface area contributed by atoms with Crippen LogP contribution in [0.2, 0.25) is 0 Å². The van der Waals surface area contributed by atoms with Gasteiger partial charge in [-0.1, -0.05) is 48.4 Å². The van der Waals surface area contributed by atoms with Crippen molar-refractivity contribution in [2.45, 2.75) is 12.3 Å². The Balaban J connectivity index is 1.69. The van der Waals surface area contributed by atoms with E-state index in [1.54, 1.807) is 11.3 Å². The summed E-state index contributed by atoms with van der Waals surface area (Å²) in [4.78, 5) is 13.5. The lowest BCUT2D eigenvalue weighted by Gasteiger charge is -2.24. The molecule has 128 valence electrons. The molecule has 1 atom stereocenters. The molecule has 2 aromatic carbocycles. The SMILES string of the molecule is C#CCOc1ccc(C2CC(=O)Nc3c(-c4ccccc4)csc32)cc1. The number of fused-ring (bicyclic) bond motifs is 1. The third-order valence-corrected chi connectivity index (χ3v) is 5.58. The molecule has 4 heteroatoms. The lowest BCUT2D eigenvalue weighted by molar-refractivity contribution is -0.116. The van der Waals surface area contributed by atoms with E-state index in [1.165, 1.54) is 4.88 Å². The smallest absolute Gasteiger partial charge is 0.225 e. The van der Waals surface area contributed by atoms with Crippen molar-refractivity contribution >= 4 is 22.9 Å². The topological polar surface area (TPSA) is 38.3 Å². The van der Waals surface area contributed by atoms with E-state index in [9.17, 15) is 4.79 Å². The fourth-order valence-corrected chi connectivity index (χ4v) is 4.41. The average Bonchev–Trinajstić information content (AvgIpc) is 3.10. The third-order valence-electron chi connectivity index (χ3n) is 4.48. The molecule has 3 aromatic rings. The molecule has 1 aliphatic heterocycles. The first-order valence-corrected chi connectivity index (χ1v) is 9.27. The van der Waals surface area contributed by atoms with E-state index in [-0.39, 0.29) is 18.4 Å². The van der Waals surface area contributed by atoms with Gasteiger partial charge in [-0.3, -0.25) is 4.79 Å². The molecule has 0 aliphatic carbocycles. The van der Waals surface area contributed by atoms with Gasteiger partial charge in [0.1, 0.15) is 12.4 Å². The zero-order valence-corrected chi connectivity index (χ0v) is 14.9. The van der Waals surface area contributed by atoms with Gasteiger partial charge in [-0.15, -0.1) is 17.8 Å². The molecule has 0 saturated carbocycles. The van der Waals surface area contributed by atoms with Crippen molar-refractivity contribution in [2.75, 3.05) is 11.9 Å². The zero-order valence-electron chi connectivity index (χ0n) is 14.1. The summed E-state index contributed by atoms with van der Waals surface area (Å²) in [5, 5.41) is 5.20. The normalized spacial score (nSPS) is 15.7. The number of ether oxygens (including phenoxy) is 1. The monoisotopic (exact) mass is 359 g/mol. The molecule has 1 N–H and O–H groups in total. The number of thiophene rings is 1. The maximum absolute atomic E-state index is 12.3. The number of carbonyl (C=O) groups is 1. The fraction of sp³-hybridized carbons (Fsp3) is 0.136. The Labute approximate surface area is 156 Å². The van der Waals surface area contributed by atoms with Crippen molar-refractivity contribution in [1.82, 2.24) is 0 Å². The van der Waals surface area contributed by atoms with Crippen LogP contribution in [-0.4, -0.2) is 12.5 Å². The van der Waals surface area contributed by atoms with Crippen LogP contribution in [0.1, 0.15) is 22.8 Å². The minimum atomic E-state index is 0.0470. The highest BCUT2D eigenvalue weighted by atomic mass is 32.1. The molecule has 3 nitrogen and oxygen atoms in total. The number of hydrogen-bond acceptors (Lipinski definition) is 3. The van der Waals surface area contributed by atoms with Gasteiger partial charge in [0.25, 0.3) is 0 Å². The Morgan fingerprint density at radius 2 is 1.92 bits per heavy atom. The Morgan fingerprint density at radius 3 is 2.65 bits per heavy atom. The molecule has 0 spiro atoms. The van der Waals surface area contributed by atoms with Gasteiger partial charge < -0.3 is 10.1 Å². The van der Waals surface area contributed by atoms with Gasteiger partial charge in [-0.05, 0) is 23.3 Å². The first-order valence-electron chi connectivity index (χ1n) is 8.39. The van der Waals surface area contributed by atoms with Crippen LogP contribution in [0.5, 0.6) is 5.75 Å². The van der Waals surface area contributed by atoms with E-state index in [0.717, 1.165) is 28.1 Å². The second-order valence-corrected chi connectivity index (χ2v) is 7.03. The van der Waals surface area contributed by atoms with E-state index in [4.69, 9.17) is 11.2 Å². The van der Waals surface area contributed by atoms with Crippen LogP contribution in [-0.2, 0) is 4.79 Å². The third kappa shape index (κ3) is 3.10. The molecular formula is C22H17NO2S. The number of benzene rings is 2. The maximum Gasteiger partial charge on any atom is 0.225 e. The Hall–Kier alpha value is -3.03. The lowest BCUT2D eigenvalue weighted by atomic mass is 9.89. The molecule has 0 saturated heterocycles. The summed E-state index contributed by atoms with van der Waals surface area (Å²) < 4.78 is 5.44. The summed E-state index contributed by atoms with van der Waals surface area (Å²) in [6, 6.07) is 18.0. The molecule has 2 heterocycles. The first-order chi connectivity index (χ1) is 12.8. The average molecular weight is 359 g/mol. The highest BCUT2D eigenvalue weighted by Crippen LogP contribution is 2.46. The molecule has 4 rings (SSSR count). The van der Waals surface area contributed by atoms with Gasteiger partial charge in [0.05, 0.1) is 5.69 Å². The van der Waals surface area contributed by atoms with Crippen molar-refractivity contribution in [3.8, 4) is 29.2 Å². The van der Waals surface area contributed by atoms with Crippen molar-refractivity contribution in [2.24, 2.45) is 0 Å². The molecule has 1 amide bonds. The van der Waals surface area contributed by atoms with Gasteiger partial charge in [0.15, 0.2) is 0 Å². The van der Waals surface area contributed by atoms with Gasteiger partial charge in [0.2, 0.25) is 5.91 Å². The van der Waals surface area contributed by atoms with Crippen LogP contribution in [0.25, 0.3) is 11.1 Å². The van der Waals surface area contributed by atoms with Crippen LogP contribution in [0.15, 0.2) is 60.0 Å². The standard InChI is InChI=1S/C22H17NO2S/c1-2-12-25-17-10-8-16(9-11-17)18-13-20(24)23-21-19(14-26-22(18)21)15-6-4-3-5-7-15/h1,3-11,14,18H,12-13H2,(H,23,24). The molecule has 1 aliphatic rings. The molecule has 26 heavy (non-hydrogen) atoms. The molecule has 1 unspecified atom stereocenters. The fourth-order valence-electron chi connectivity index (χ4n) is 3.25. The van der Waals surface area contributed by atoms with Gasteiger partial charge in [-0.2, -0.15) is 0 Å². The number of hydrogen-bond donors (Lipinski definition) is 1. The minimum absolute atomic E-state index is 0.0470. The summed E-state index contributed by atoms with van der Waals surface area (Å²) in [5.74, 6) is 3.30. The predicted octanol–water partition coefficient (Wildman–Crippen LogP) is 4.90. The van der Waals surface area contributed by atoms with E-state index in [0.29, 0.717) is 6.42 Å². The zero-order chi connectivity index (χ0) is 17.9. The molecule has 0 fully saturated rings. The number of rotatable bonds is 4. The first kappa shape index (κ1) is 16.4. The van der Waals surface area contributed by atoms with Crippen molar-refractivity contribution in [3.63, 3.8) is 0 Å². The van der Waals surface area contributed by atoms with Crippen molar-refractivity contribution < 1.29 is 9.53 Å². The van der Waals surface area contributed by atoms with E-state index >= 15 is 0 Å². The summed E-state index contributed by atoms with van der Waals surface area (Å²) >= 11 is 1.70. The number of amides is 1. The van der Waals surface area contributed by atoms with E-state index < -0.39 is 0 Å². The van der Waals surface area contributed by atoms with E-state index in [1.807, 2.05) is 42.5 Å². The van der Waals surface area contributed by atoms with Gasteiger partial charge >= 0.3 is 0 Å². The second-order valence-electron chi connectivity index (χ2n) is 6.12. The number of terminal acetylenes is 1. The molecule has 0 radical (unpaired) electrons. The van der Waals surface area contributed by atoms with E-state index in [2.05, 4.69) is 28.8 Å². The van der Waals surface area contributed by atoms with Crippen molar-refractivity contribution in [3.05, 3.63) is 70.4 Å². The van der Waals surface area contributed by atoms with Crippen LogP contribution >= 0.6 is 11.3 Å². The van der Waals surface area contributed by atoms with Crippen LogP contribution < -0.4 is 10.1 Å². The Kier molecular flexibility index (Phi) is 4.47.